The summed E-state index contributed by atoms with van der Waals surface area (Å²) in [6, 6.07) is 0. The van der Waals surface area contributed by atoms with Crippen LogP contribution >= 0.6 is 11.8 Å². The second-order valence-electron chi connectivity index (χ2n) is 3.46. The van der Waals surface area contributed by atoms with Crippen LogP contribution in [0, 0.1) is 0 Å². The number of nitrogens with one attached hydrogen (secondary N) is 1. The Morgan fingerprint density at radius 1 is 1.46 bits per heavy atom. The van der Waals surface area contributed by atoms with Crippen LogP contribution in [-0.2, 0) is 0 Å². The zero-order chi connectivity index (χ0) is 9.52. The first-order chi connectivity index (χ1) is 6.33. The lowest BCUT2D eigenvalue weighted by Gasteiger charge is -2.27. The molecule has 1 heterocycles. The summed E-state index contributed by atoms with van der Waals surface area (Å²) in [6.45, 7) is 8.13. The van der Waals surface area contributed by atoms with Crippen molar-refractivity contribution in [3.05, 3.63) is 0 Å². The molecule has 1 saturated heterocycles. The smallest absolute Gasteiger partial charge is 0.0547 e. The fourth-order valence-corrected chi connectivity index (χ4v) is 2.24. The lowest BCUT2D eigenvalue weighted by atomic mass is 10.4. The van der Waals surface area contributed by atoms with E-state index < -0.39 is 0 Å². The Labute approximate surface area is 84.9 Å². The maximum Gasteiger partial charge on any atom is 0.0547 e. The van der Waals surface area contributed by atoms with Crippen molar-refractivity contribution in [3.8, 4) is 0 Å². The molecule has 0 aromatic heterocycles. The molecule has 3 nitrogen and oxygen atoms in total. The van der Waals surface area contributed by atoms with Crippen LogP contribution in [0.5, 0.6) is 0 Å². The highest BCUT2D eigenvalue weighted by atomic mass is 32.2. The van der Waals surface area contributed by atoms with Gasteiger partial charge in [0.1, 0.15) is 0 Å². The fourth-order valence-electron chi connectivity index (χ4n) is 1.37. The summed E-state index contributed by atoms with van der Waals surface area (Å²) in [4.78, 5) is 2.48. The summed E-state index contributed by atoms with van der Waals surface area (Å²) in [5, 5.41) is 12.6. The molecular formula is C9H20N2OS. The average molecular weight is 204 g/mol. The highest BCUT2D eigenvalue weighted by Gasteiger charge is 2.09. The van der Waals surface area contributed by atoms with Gasteiger partial charge in [-0.2, -0.15) is 11.8 Å². The van der Waals surface area contributed by atoms with Gasteiger partial charge in [-0.1, -0.05) is 6.92 Å². The third-order valence-corrected chi connectivity index (χ3v) is 3.41. The molecule has 1 atom stereocenters. The van der Waals surface area contributed by atoms with Crippen molar-refractivity contribution in [2.24, 2.45) is 0 Å². The van der Waals surface area contributed by atoms with Gasteiger partial charge >= 0.3 is 0 Å². The summed E-state index contributed by atoms with van der Waals surface area (Å²) in [6.07, 6.45) is 0. The Hall–Kier alpha value is 0.230. The Kier molecular flexibility index (Phi) is 5.78. The largest absolute Gasteiger partial charge is 0.395 e. The van der Waals surface area contributed by atoms with E-state index in [1.807, 2.05) is 11.8 Å². The summed E-state index contributed by atoms with van der Waals surface area (Å²) in [5.74, 6) is 1.14. The molecule has 0 aromatic rings. The van der Waals surface area contributed by atoms with E-state index in [0.29, 0.717) is 11.9 Å². The van der Waals surface area contributed by atoms with Gasteiger partial charge in [0.25, 0.3) is 0 Å². The van der Waals surface area contributed by atoms with Gasteiger partial charge in [0.15, 0.2) is 0 Å². The summed E-state index contributed by atoms with van der Waals surface area (Å²) < 4.78 is 0. The number of aliphatic hydroxyl groups is 1. The van der Waals surface area contributed by atoms with E-state index >= 15 is 0 Å². The predicted octanol–water partition coefficient (Wildman–Crippen LogP) is 0.00560. The van der Waals surface area contributed by atoms with Crippen LogP contribution in [0.3, 0.4) is 0 Å². The van der Waals surface area contributed by atoms with Gasteiger partial charge in [0.2, 0.25) is 0 Å². The molecule has 13 heavy (non-hydrogen) atoms. The molecule has 1 fully saturated rings. The summed E-state index contributed by atoms with van der Waals surface area (Å²) >= 11 is 1.86. The van der Waals surface area contributed by atoms with Crippen LogP contribution in [0.15, 0.2) is 0 Å². The lowest BCUT2D eigenvalue weighted by molar-refractivity contribution is 0.254. The molecule has 2 N–H and O–H groups in total. The molecule has 1 unspecified atom stereocenters. The second-order valence-corrected chi connectivity index (χ2v) is 5.00. The van der Waals surface area contributed by atoms with E-state index in [9.17, 15) is 0 Å². The van der Waals surface area contributed by atoms with E-state index in [0.717, 1.165) is 25.4 Å². The molecule has 1 aliphatic rings. The minimum atomic E-state index is 0.298. The molecule has 0 amide bonds. The Bertz CT molecular complexity index is 129. The van der Waals surface area contributed by atoms with Crippen LogP contribution in [0.2, 0.25) is 0 Å². The third-order valence-electron chi connectivity index (χ3n) is 2.28. The van der Waals surface area contributed by atoms with E-state index in [2.05, 4.69) is 17.1 Å². The molecule has 0 saturated carbocycles. The van der Waals surface area contributed by atoms with Crippen molar-refractivity contribution in [3.63, 3.8) is 0 Å². The predicted molar refractivity (Wildman–Crippen MR) is 58.3 cm³/mol. The van der Waals surface area contributed by atoms with Crippen LogP contribution < -0.4 is 5.32 Å². The molecule has 4 heteroatoms. The molecule has 1 rings (SSSR count). The van der Waals surface area contributed by atoms with Crippen molar-refractivity contribution in [2.75, 3.05) is 45.1 Å². The fraction of sp³-hybridized carbons (Fsp3) is 1.00. The monoisotopic (exact) mass is 204 g/mol. The van der Waals surface area contributed by atoms with Gasteiger partial charge in [0, 0.05) is 43.7 Å². The molecule has 1 aliphatic heterocycles. The van der Waals surface area contributed by atoms with Crippen LogP contribution in [-0.4, -0.2) is 60.3 Å². The first kappa shape index (κ1) is 11.3. The lowest BCUT2D eigenvalue weighted by Crippen LogP contribution is -2.44. The normalized spacial score (nSPS) is 21.7. The third kappa shape index (κ3) is 4.86. The van der Waals surface area contributed by atoms with Gasteiger partial charge in [-0.3, -0.25) is 4.90 Å². The quantitative estimate of drug-likeness (QED) is 0.661. The highest BCUT2D eigenvalue weighted by molar-refractivity contribution is 7.99. The van der Waals surface area contributed by atoms with Crippen LogP contribution in [0.4, 0.5) is 0 Å². The minimum absolute atomic E-state index is 0.298. The van der Waals surface area contributed by atoms with E-state index in [1.54, 1.807) is 0 Å². The van der Waals surface area contributed by atoms with Gasteiger partial charge in [-0.15, -0.1) is 0 Å². The van der Waals surface area contributed by atoms with Crippen molar-refractivity contribution >= 4 is 11.8 Å². The van der Waals surface area contributed by atoms with Crippen LogP contribution in [0.25, 0.3) is 0 Å². The van der Waals surface area contributed by atoms with Gasteiger partial charge < -0.3 is 10.4 Å². The Morgan fingerprint density at radius 2 is 2.15 bits per heavy atom. The number of hydrogen-bond donors (Lipinski definition) is 2. The second kappa shape index (κ2) is 6.65. The van der Waals surface area contributed by atoms with Crippen molar-refractivity contribution in [1.29, 1.82) is 0 Å². The number of aliphatic hydroxyl groups excluding tert-OH is 1. The maximum atomic E-state index is 8.83. The summed E-state index contributed by atoms with van der Waals surface area (Å²) in [5.41, 5.74) is 0. The molecule has 0 aliphatic carbocycles. The minimum Gasteiger partial charge on any atom is -0.395 e. The topological polar surface area (TPSA) is 35.5 Å². The zero-order valence-electron chi connectivity index (χ0n) is 8.33. The standard InChI is InChI=1S/C9H20N2OS/c1-9(8-12)13-7-6-11-4-2-10-3-5-11/h9-10,12H,2-8H2,1H3. The maximum absolute atomic E-state index is 8.83. The number of nitrogens with zero attached hydrogens (tertiary/aromatic N) is 1. The molecule has 0 spiro atoms. The number of rotatable bonds is 5. The van der Waals surface area contributed by atoms with Crippen molar-refractivity contribution in [1.82, 2.24) is 10.2 Å². The van der Waals surface area contributed by atoms with Gasteiger partial charge in [0.05, 0.1) is 6.61 Å². The molecular weight excluding hydrogens is 184 g/mol. The van der Waals surface area contributed by atoms with E-state index in [1.165, 1.54) is 13.1 Å². The number of hydrogen-bond acceptors (Lipinski definition) is 4. The average Bonchev–Trinajstić information content (AvgIpc) is 2.19. The number of thioether (sulfide) groups is 1. The molecule has 0 radical (unpaired) electrons. The molecule has 0 bridgehead atoms. The highest BCUT2D eigenvalue weighted by Crippen LogP contribution is 2.09. The van der Waals surface area contributed by atoms with E-state index in [-0.39, 0.29) is 0 Å². The van der Waals surface area contributed by atoms with E-state index in [4.69, 9.17) is 5.11 Å². The Morgan fingerprint density at radius 3 is 2.77 bits per heavy atom. The van der Waals surface area contributed by atoms with Gasteiger partial charge in [-0.25, -0.2) is 0 Å². The van der Waals surface area contributed by atoms with Crippen LogP contribution in [0.1, 0.15) is 6.92 Å². The Balaban J connectivity index is 1.98. The summed E-state index contributed by atoms with van der Waals surface area (Å²) in [7, 11) is 0. The first-order valence-corrected chi connectivity index (χ1v) is 6.03. The molecule has 78 valence electrons. The van der Waals surface area contributed by atoms with Crippen molar-refractivity contribution in [2.45, 2.75) is 12.2 Å². The first-order valence-electron chi connectivity index (χ1n) is 4.98. The number of piperazine rings is 1. The SMILES string of the molecule is CC(CO)SCCN1CCNCC1. The zero-order valence-corrected chi connectivity index (χ0v) is 9.15. The van der Waals surface area contributed by atoms with Crippen molar-refractivity contribution < 1.29 is 5.11 Å². The van der Waals surface area contributed by atoms with Gasteiger partial charge in [-0.05, 0) is 0 Å². The molecule has 0 aromatic carbocycles.